The van der Waals surface area contributed by atoms with E-state index in [4.69, 9.17) is 5.73 Å². The number of aromatic nitrogens is 3. The zero-order chi connectivity index (χ0) is 16.7. The zero-order valence-corrected chi connectivity index (χ0v) is 13.1. The second kappa shape index (κ2) is 5.33. The van der Waals surface area contributed by atoms with Crippen molar-refractivity contribution in [2.24, 2.45) is 0 Å². The fraction of sp³-hybridized carbons (Fsp3) is 0.375. The average molecular weight is 326 g/mol. The predicted octanol–water partition coefficient (Wildman–Crippen LogP) is 0.373. The van der Waals surface area contributed by atoms with Gasteiger partial charge in [0.2, 0.25) is 17.8 Å². The van der Waals surface area contributed by atoms with Crippen molar-refractivity contribution in [1.29, 1.82) is 0 Å². The molecule has 1 spiro atoms. The number of nitrogens with zero attached hydrogens (tertiary/aromatic N) is 4. The van der Waals surface area contributed by atoms with E-state index in [1.165, 1.54) is 11.0 Å². The third-order valence-corrected chi connectivity index (χ3v) is 4.95. The van der Waals surface area contributed by atoms with Gasteiger partial charge in [0.25, 0.3) is 0 Å². The van der Waals surface area contributed by atoms with Gasteiger partial charge in [-0.2, -0.15) is 0 Å². The molecule has 124 valence electrons. The van der Waals surface area contributed by atoms with Gasteiger partial charge in [-0.25, -0.2) is 9.67 Å². The standard InChI is InChI=1S/C16H18N6O2/c17-15-18-10-22(20-15)9-13(23)21-7-5-16(6-8-21)11-3-1-2-4-12(11)19-14(16)24/h1-4,10H,5-9H2,(H2,17,20)(H,19,24). The molecule has 3 N–H and O–H groups in total. The van der Waals surface area contributed by atoms with Gasteiger partial charge in [0.05, 0.1) is 5.41 Å². The quantitative estimate of drug-likeness (QED) is 0.829. The van der Waals surface area contributed by atoms with Crippen molar-refractivity contribution in [1.82, 2.24) is 19.7 Å². The Hall–Kier alpha value is -2.90. The minimum absolute atomic E-state index is 0.0403. The van der Waals surface area contributed by atoms with E-state index in [1.54, 1.807) is 4.90 Å². The second-order valence-electron chi connectivity index (χ2n) is 6.26. The predicted molar refractivity (Wildman–Crippen MR) is 87.0 cm³/mol. The number of likely N-dealkylation sites (tertiary alicyclic amines) is 1. The lowest BCUT2D eigenvalue weighted by Crippen LogP contribution is -2.49. The van der Waals surface area contributed by atoms with Crippen LogP contribution in [0.5, 0.6) is 0 Å². The third-order valence-electron chi connectivity index (χ3n) is 4.95. The number of anilines is 2. The van der Waals surface area contributed by atoms with E-state index in [9.17, 15) is 9.59 Å². The molecule has 1 aromatic carbocycles. The van der Waals surface area contributed by atoms with Crippen LogP contribution in [0.1, 0.15) is 18.4 Å². The molecule has 0 bridgehead atoms. The minimum Gasteiger partial charge on any atom is -0.367 e. The van der Waals surface area contributed by atoms with Crippen molar-refractivity contribution in [3.05, 3.63) is 36.2 Å². The molecule has 3 heterocycles. The van der Waals surface area contributed by atoms with E-state index < -0.39 is 5.41 Å². The number of rotatable bonds is 2. The summed E-state index contributed by atoms with van der Waals surface area (Å²) in [5.41, 5.74) is 6.89. The molecule has 0 radical (unpaired) electrons. The molecule has 2 aliphatic heterocycles. The number of para-hydroxylation sites is 1. The van der Waals surface area contributed by atoms with Gasteiger partial charge in [-0.3, -0.25) is 9.59 Å². The Bertz CT molecular complexity index is 806. The molecule has 0 unspecified atom stereocenters. The van der Waals surface area contributed by atoms with Gasteiger partial charge < -0.3 is 16.0 Å². The van der Waals surface area contributed by atoms with E-state index in [1.807, 2.05) is 24.3 Å². The van der Waals surface area contributed by atoms with Crippen molar-refractivity contribution in [2.75, 3.05) is 24.1 Å². The van der Waals surface area contributed by atoms with E-state index in [0.29, 0.717) is 25.9 Å². The number of nitrogens with one attached hydrogen (secondary N) is 1. The Balaban J connectivity index is 1.47. The molecular weight excluding hydrogens is 308 g/mol. The first kappa shape index (κ1) is 14.7. The number of piperidine rings is 1. The second-order valence-corrected chi connectivity index (χ2v) is 6.26. The Morgan fingerprint density at radius 2 is 2.04 bits per heavy atom. The maximum atomic E-state index is 12.5. The summed E-state index contributed by atoms with van der Waals surface area (Å²) in [6.45, 7) is 1.20. The molecule has 1 aromatic heterocycles. The molecule has 2 aromatic rings. The molecule has 2 amide bonds. The van der Waals surface area contributed by atoms with Crippen LogP contribution in [0.2, 0.25) is 0 Å². The topological polar surface area (TPSA) is 106 Å². The summed E-state index contributed by atoms with van der Waals surface area (Å²) in [5.74, 6) is 0.154. The first-order valence-corrected chi connectivity index (χ1v) is 7.92. The average Bonchev–Trinajstić information content (AvgIpc) is 3.10. The van der Waals surface area contributed by atoms with Crippen LogP contribution in [-0.4, -0.2) is 44.6 Å². The fourth-order valence-electron chi connectivity index (χ4n) is 3.63. The Labute approximate surface area is 138 Å². The number of nitrogen functional groups attached to an aromatic ring is 1. The van der Waals surface area contributed by atoms with E-state index in [0.717, 1.165) is 11.3 Å². The minimum atomic E-state index is -0.509. The normalized spacial score (nSPS) is 18.5. The number of nitrogens with two attached hydrogens (primary N) is 1. The summed E-state index contributed by atoms with van der Waals surface area (Å²) >= 11 is 0. The van der Waals surface area contributed by atoms with Crippen molar-refractivity contribution < 1.29 is 9.59 Å². The highest BCUT2D eigenvalue weighted by molar-refractivity contribution is 6.06. The molecule has 2 aliphatic rings. The van der Waals surface area contributed by atoms with Crippen LogP contribution in [0.25, 0.3) is 0 Å². The number of carbonyl (C=O) groups excluding carboxylic acids is 2. The largest absolute Gasteiger partial charge is 0.367 e. The SMILES string of the molecule is Nc1ncn(CC(=O)N2CCC3(CC2)C(=O)Nc2ccccc23)n1. The van der Waals surface area contributed by atoms with Gasteiger partial charge in [0, 0.05) is 18.8 Å². The van der Waals surface area contributed by atoms with Gasteiger partial charge >= 0.3 is 0 Å². The first-order valence-electron chi connectivity index (χ1n) is 7.92. The highest BCUT2D eigenvalue weighted by Crippen LogP contribution is 2.44. The third kappa shape index (κ3) is 2.22. The molecule has 1 fully saturated rings. The maximum absolute atomic E-state index is 12.5. The molecule has 0 aliphatic carbocycles. The van der Waals surface area contributed by atoms with Crippen LogP contribution in [0, 0.1) is 0 Å². The number of hydrogen-bond acceptors (Lipinski definition) is 5. The number of fused-ring (bicyclic) bond motifs is 2. The molecule has 1 saturated heterocycles. The number of carbonyl (C=O) groups is 2. The smallest absolute Gasteiger partial charge is 0.244 e. The summed E-state index contributed by atoms with van der Waals surface area (Å²) in [4.78, 5) is 30.5. The lowest BCUT2D eigenvalue weighted by Gasteiger charge is -2.38. The molecule has 0 atom stereocenters. The molecule has 8 nitrogen and oxygen atoms in total. The summed E-state index contributed by atoms with van der Waals surface area (Å²) in [5, 5.41) is 6.90. The zero-order valence-electron chi connectivity index (χ0n) is 13.1. The highest BCUT2D eigenvalue weighted by atomic mass is 16.2. The van der Waals surface area contributed by atoms with E-state index in [2.05, 4.69) is 15.4 Å². The number of hydrogen-bond donors (Lipinski definition) is 2. The maximum Gasteiger partial charge on any atom is 0.244 e. The van der Waals surface area contributed by atoms with Gasteiger partial charge in [-0.05, 0) is 24.5 Å². The van der Waals surface area contributed by atoms with Crippen molar-refractivity contribution in [3.63, 3.8) is 0 Å². The van der Waals surface area contributed by atoms with Gasteiger partial charge in [-0.1, -0.05) is 18.2 Å². The lowest BCUT2D eigenvalue weighted by atomic mass is 9.73. The molecule has 24 heavy (non-hydrogen) atoms. The Morgan fingerprint density at radius 1 is 1.29 bits per heavy atom. The first-order chi connectivity index (χ1) is 11.6. The summed E-state index contributed by atoms with van der Waals surface area (Å²) in [7, 11) is 0. The van der Waals surface area contributed by atoms with E-state index in [-0.39, 0.29) is 24.3 Å². The van der Waals surface area contributed by atoms with E-state index >= 15 is 0 Å². The number of amides is 2. The number of benzene rings is 1. The summed E-state index contributed by atoms with van der Waals surface area (Å²) in [6, 6.07) is 7.80. The monoisotopic (exact) mass is 326 g/mol. The van der Waals surface area contributed by atoms with Crippen LogP contribution >= 0.6 is 0 Å². The van der Waals surface area contributed by atoms with Crippen molar-refractivity contribution in [3.8, 4) is 0 Å². The van der Waals surface area contributed by atoms with Gasteiger partial charge in [-0.15, -0.1) is 5.10 Å². The van der Waals surface area contributed by atoms with Gasteiger partial charge in [0.15, 0.2) is 0 Å². The fourth-order valence-corrected chi connectivity index (χ4v) is 3.63. The van der Waals surface area contributed by atoms with Crippen LogP contribution in [0.3, 0.4) is 0 Å². The molecule has 8 heteroatoms. The Morgan fingerprint density at radius 3 is 2.75 bits per heavy atom. The van der Waals surface area contributed by atoms with Gasteiger partial charge in [0.1, 0.15) is 12.9 Å². The summed E-state index contributed by atoms with van der Waals surface area (Å²) in [6.07, 6.45) is 2.70. The summed E-state index contributed by atoms with van der Waals surface area (Å²) < 4.78 is 1.43. The van der Waals surface area contributed by atoms with Crippen molar-refractivity contribution >= 4 is 23.5 Å². The molecule has 4 rings (SSSR count). The van der Waals surface area contributed by atoms with Crippen LogP contribution in [0.4, 0.5) is 11.6 Å². The molecular formula is C16H18N6O2. The van der Waals surface area contributed by atoms with Crippen LogP contribution in [0.15, 0.2) is 30.6 Å². The van der Waals surface area contributed by atoms with Crippen LogP contribution in [-0.2, 0) is 21.5 Å². The van der Waals surface area contributed by atoms with Crippen LogP contribution < -0.4 is 11.1 Å². The lowest BCUT2D eigenvalue weighted by molar-refractivity contribution is -0.135. The highest BCUT2D eigenvalue weighted by Gasteiger charge is 2.48. The van der Waals surface area contributed by atoms with Crippen molar-refractivity contribution in [2.45, 2.75) is 24.8 Å². The molecule has 0 saturated carbocycles. The Kier molecular flexibility index (Phi) is 3.26.